The van der Waals surface area contributed by atoms with Gasteiger partial charge in [0.2, 0.25) is 20.0 Å². The van der Waals surface area contributed by atoms with Gasteiger partial charge < -0.3 is 5.32 Å². The number of fused-ring (bicyclic) bond motifs is 1. The number of rotatable bonds is 3. The fourth-order valence-electron chi connectivity index (χ4n) is 2.20. The highest BCUT2D eigenvalue weighted by molar-refractivity contribution is 7.90. The number of halogens is 1. The van der Waals surface area contributed by atoms with Gasteiger partial charge in [-0.05, 0) is 24.4 Å². The molecule has 4 N–H and O–H groups in total. The van der Waals surface area contributed by atoms with Gasteiger partial charge in [-0.15, -0.1) is 0 Å². The Hall–Kier alpha value is -0.870. The monoisotopic (exact) mass is 388 g/mol. The van der Waals surface area contributed by atoms with Crippen LogP contribution >= 0.6 is 11.6 Å². The van der Waals surface area contributed by atoms with Crippen LogP contribution in [0.15, 0.2) is 21.9 Å². The number of hydrogen-bond donors (Lipinski definition) is 3. The molecule has 0 spiro atoms. The second-order valence-electron chi connectivity index (χ2n) is 4.82. The molecule has 0 saturated heterocycles. The number of hydrogen-bond acceptors (Lipinski definition) is 5. The maximum absolute atomic E-state index is 12.7. The quantitative estimate of drug-likeness (QED) is 0.726. The fourth-order valence-corrected chi connectivity index (χ4v) is 4.70. The van der Waals surface area contributed by atoms with E-state index in [4.69, 9.17) is 29.1 Å². The molecule has 1 aromatic carbocycles. The average molecular weight is 389 g/mol. The Morgan fingerprint density at radius 1 is 1.39 bits per heavy atom. The van der Waals surface area contributed by atoms with Gasteiger partial charge in [-0.2, -0.15) is 4.72 Å². The average Bonchev–Trinajstić information content (AvgIpc) is 2.62. The van der Waals surface area contributed by atoms with Crippen LogP contribution in [0, 0.1) is 5.89 Å². The third-order valence-corrected chi connectivity index (χ3v) is 6.04. The molecule has 0 bridgehead atoms. The van der Waals surface area contributed by atoms with E-state index in [1.165, 1.54) is 0 Å². The molecule has 3 rings (SSSR count). The molecule has 0 aromatic heterocycles. The lowest BCUT2D eigenvalue weighted by molar-refractivity contribution is 0.438. The molecule has 1 aliphatic carbocycles. The predicted octanol–water partition coefficient (Wildman–Crippen LogP) is 1.60. The van der Waals surface area contributed by atoms with Gasteiger partial charge in [0.25, 0.3) is 0 Å². The van der Waals surface area contributed by atoms with Gasteiger partial charge in [0, 0.05) is 12.3 Å². The third kappa shape index (κ3) is 3.48. The zero-order valence-corrected chi connectivity index (χ0v) is 13.7. The number of nitrogens with two attached hydrogens (primary N) is 1. The number of nitrogens with one attached hydrogen (secondary N) is 2. The van der Waals surface area contributed by atoms with Crippen LogP contribution in [0.2, 0.25) is 5.02 Å². The van der Waals surface area contributed by atoms with Gasteiger partial charge in [-0.25, -0.2) is 22.0 Å². The van der Waals surface area contributed by atoms with Crippen LogP contribution < -0.4 is 15.2 Å². The Morgan fingerprint density at radius 3 is 2.65 bits per heavy atom. The zero-order chi connectivity index (χ0) is 24.9. The normalized spacial score (nSPS) is 40.1. The number of anilines is 1. The van der Waals surface area contributed by atoms with E-state index in [0.29, 0.717) is 6.07 Å². The lowest BCUT2D eigenvalue weighted by Crippen LogP contribution is -2.45. The number of benzene rings is 1. The van der Waals surface area contributed by atoms with E-state index in [0.717, 1.165) is 6.07 Å². The molecule has 2 aliphatic rings. The van der Waals surface area contributed by atoms with E-state index in [9.17, 15) is 16.8 Å². The first kappa shape index (κ1) is 9.00. The summed E-state index contributed by atoms with van der Waals surface area (Å²) in [7, 11) is -8.88. The van der Waals surface area contributed by atoms with Crippen LogP contribution in [0.1, 0.15) is 44.2 Å². The molecule has 23 heavy (non-hydrogen) atoms. The van der Waals surface area contributed by atoms with Crippen molar-refractivity contribution in [1.82, 2.24) is 4.72 Å². The van der Waals surface area contributed by atoms with Crippen molar-refractivity contribution >= 4 is 37.3 Å². The van der Waals surface area contributed by atoms with Crippen molar-refractivity contribution in [3.8, 4) is 0 Å². The van der Waals surface area contributed by atoms with Crippen LogP contribution in [0.4, 0.5) is 5.69 Å². The Morgan fingerprint density at radius 2 is 2.04 bits per heavy atom. The molecular weight excluding hydrogens is 362 g/mol. The van der Waals surface area contributed by atoms with E-state index in [-0.39, 0.29) is 5.69 Å². The number of sulfonamides is 2. The molecular formula is C13H18ClN3O4S2. The zero-order valence-electron chi connectivity index (χ0n) is 20.3. The first-order chi connectivity index (χ1) is 14.0. The van der Waals surface area contributed by atoms with Crippen molar-refractivity contribution in [3.05, 3.63) is 17.2 Å². The first-order valence-electron chi connectivity index (χ1n) is 10.7. The van der Waals surface area contributed by atoms with Gasteiger partial charge >= 0.3 is 0 Å². The molecule has 10 heteroatoms. The second-order valence-corrected chi connectivity index (χ2v) is 8.44. The lowest BCUT2D eigenvalue weighted by Gasteiger charge is -2.30. The summed E-state index contributed by atoms with van der Waals surface area (Å²) in [6.45, 7) is 0. The molecule has 1 unspecified atom stereocenters. The summed E-state index contributed by atoms with van der Waals surface area (Å²) in [6.07, 6.45) is -16.2. The molecule has 128 valence electrons. The van der Waals surface area contributed by atoms with Gasteiger partial charge in [-0.1, -0.05) is 37.1 Å². The Labute approximate surface area is 153 Å². The summed E-state index contributed by atoms with van der Waals surface area (Å²) in [5.74, 6) is -3.09. The summed E-state index contributed by atoms with van der Waals surface area (Å²) in [5.41, 5.74) is -0.250. The molecule has 0 radical (unpaired) electrons. The van der Waals surface area contributed by atoms with Crippen molar-refractivity contribution in [2.75, 3.05) is 5.32 Å². The fraction of sp³-hybridized carbons (Fsp3) is 0.538. The molecule has 1 atom stereocenters. The van der Waals surface area contributed by atoms with Gasteiger partial charge in [0.15, 0.2) is 0 Å². The highest BCUT2D eigenvalue weighted by atomic mass is 35.5. The third-order valence-electron chi connectivity index (χ3n) is 3.15. The summed E-state index contributed by atoms with van der Waals surface area (Å²) in [6, 6.07) is 1.62. The van der Waals surface area contributed by atoms with E-state index >= 15 is 0 Å². The minimum atomic E-state index is -4.50. The first-order valence-corrected chi connectivity index (χ1v) is 9.61. The topological polar surface area (TPSA) is 118 Å². The molecule has 7 nitrogen and oxygen atoms in total. The van der Waals surface area contributed by atoms with E-state index in [2.05, 4.69) is 5.32 Å². The van der Waals surface area contributed by atoms with Crippen molar-refractivity contribution in [2.45, 2.75) is 47.9 Å². The molecule has 1 saturated carbocycles. The standard InChI is InChI=1S/C13H18ClN3O4S2/c14-9-6-10-12(7-11(9)22(15,18)19)23(20,21)17-13(16-10)5-8-3-1-2-4-8/h6-8,13,16-17H,1-5H2,(H2,15,18,19)/i1D2,2D2,3D2,4D2,8D. The maximum Gasteiger partial charge on any atom is 0.244 e. The summed E-state index contributed by atoms with van der Waals surface area (Å²) in [5, 5.41) is 7.13. The van der Waals surface area contributed by atoms with Crippen LogP contribution in [0.5, 0.6) is 0 Å². The Balaban J connectivity index is 2.09. The van der Waals surface area contributed by atoms with Crippen molar-refractivity contribution in [3.63, 3.8) is 0 Å². The highest BCUT2D eigenvalue weighted by Crippen LogP contribution is 2.36. The minimum absolute atomic E-state index is 0.250. The van der Waals surface area contributed by atoms with Crippen LogP contribution in [-0.2, 0) is 20.0 Å². The number of primary sulfonamides is 1. The summed E-state index contributed by atoms with van der Waals surface area (Å²) in [4.78, 5) is -1.25. The van der Waals surface area contributed by atoms with Crippen molar-refractivity contribution < 1.29 is 29.2 Å². The van der Waals surface area contributed by atoms with Gasteiger partial charge in [0.1, 0.15) is 9.79 Å². The summed E-state index contributed by atoms with van der Waals surface area (Å²) < 4.78 is 123. The van der Waals surface area contributed by atoms with E-state index in [1.54, 1.807) is 0 Å². The van der Waals surface area contributed by atoms with E-state index < -0.39 is 78.8 Å². The molecule has 1 aromatic rings. The Bertz CT molecular complexity index is 1180. The van der Waals surface area contributed by atoms with Crippen LogP contribution in [0.3, 0.4) is 0 Å². The Kier molecular flexibility index (Phi) is 2.30. The smallest absolute Gasteiger partial charge is 0.244 e. The molecule has 1 heterocycles. The van der Waals surface area contributed by atoms with E-state index in [1.807, 2.05) is 4.72 Å². The van der Waals surface area contributed by atoms with Crippen LogP contribution in [-0.4, -0.2) is 23.0 Å². The summed E-state index contributed by atoms with van der Waals surface area (Å²) >= 11 is 5.88. The highest BCUT2D eigenvalue weighted by Gasteiger charge is 2.33. The second kappa shape index (κ2) is 5.89. The molecule has 1 fully saturated rings. The lowest BCUT2D eigenvalue weighted by atomic mass is 10.0. The van der Waals surface area contributed by atoms with Crippen molar-refractivity contribution in [1.29, 1.82) is 0 Å². The largest absolute Gasteiger partial charge is 0.368 e. The minimum Gasteiger partial charge on any atom is -0.368 e. The maximum atomic E-state index is 12.7. The molecule has 1 aliphatic heterocycles. The van der Waals surface area contributed by atoms with Gasteiger partial charge in [-0.3, -0.25) is 0 Å². The predicted molar refractivity (Wildman–Crippen MR) is 87.1 cm³/mol. The SMILES string of the molecule is [2H]C1([2H])C([2H])([2H])C([2H])([2H])C([2H])(CC2Nc3cc(Cl)c(S(N)(=O)=O)cc3S(=O)(=O)N2)C1([2H])[2H]. The van der Waals surface area contributed by atoms with Crippen LogP contribution in [0.25, 0.3) is 0 Å². The van der Waals surface area contributed by atoms with Gasteiger partial charge in [0.05, 0.1) is 16.9 Å². The van der Waals surface area contributed by atoms with Crippen molar-refractivity contribution in [2.24, 2.45) is 11.0 Å². The molecule has 0 amide bonds.